The highest BCUT2D eigenvalue weighted by Crippen LogP contribution is 2.27. The molecule has 2 aromatic carbocycles. The van der Waals surface area contributed by atoms with Gasteiger partial charge in [0.1, 0.15) is 5.75 Å². The van der Waals surface area contributed by atoms with Crippen LogP contribution in [0.4, 0.5) is 18.9 Å². The van der Waals surface area contributed by atoms with Gasteiger partial charge in [0, 0.05) is 17.8 Å². The summed E-state index contributed by atoms with van der Waals surface area (Å²) in [7, 11) is 1.60. The number of methoxy groups -OCH3 is 1. The molecule has 1 aliphatic rings. The van der Waals surface area contributed by atoms with Crippen LogP contribution in [-0.4, -0.2) is 48.3 Å². The molecule has 2 atom stereocenters. The number of rotatable bonds is 10. The monoisotopic (exact) mass is 549 g/mol. The summed E-state index contributed by atoms with van der Waals surface area (Å²) < 4.78 is 36.9. The number of anilines is 1. The number of aliphatic carboxylic acids is 1. The second kappa shape index (κ2) is 15.5. The van der Waals surface area contributed by atoms with E-state index in [1.54, 1.807) is 37.5 Å². The third kappa shape index (κ3) is 11.6. The molecule has 2 amide bonds. The number of hydrogen-bond donors (Lipinski definition) is 4. The van der Waals surface area contributed by atoms with Crippen molar-refractivity contribution in [3.8, 4) is 5.75 Å². The highest BCUT2D eigenvalue weighted by Gasteiger charge is 2.38. The maximum absolute atomic E-state index is 12.8. The van der Waals surface area contributed by atoms with Crippen LogP contribution in [0, 0.1) is 5.92 Å². The number of amides is 2. The van der Waals surface area contributed by atoms with Crippen LogP contribution in [0.3, 0.4) is 0 Å². The lowest BCUT2D eigenvalue weighted by molar-refractivity contribution is -0.192. The third-order valence-corrected chi connectivity index (χ3v) is 6.20. The van der Waals surface area contributed by atoms with Crippen LogP contribution in [0.1, 0.15) is 37.7 Å². The number of aryl methyl sites for hydroxylation is 1. The first-order valence-corrected chi connectivity index (χ1v) is 12.5. The van der Waals surface area contributed by atoms with E-state index in [1.165, 1.54) is 11.6 Å². The molecule has 0 unspecified atom stereocenters. The van der Waals surface area contributed by atoms with Crippen LogP contribution < -0.4 is 21.1 Å². The Morgan fingerprint density at radius 3 is 2.21 bits per heavy atom. The summed E-state index contributed by atoms with van der Waals surface area (Å²) >= 11 is 0. The van der Waals surface area contributed by atoms with Gasteiger partial charge in [0.15, 0.2) is 0 Å². The van der Waals surface area contributed by atoms with Crippen LogP contribution in [0.15, 0.2) is 66.7 Å². The number of carbonyl (C=O) groups excluding carboxylic acids is 2. The smallest absolute Gasteiger partial charge is 0.490 e. The van der Waals surface area contributed by atoms with Gasteiger partial charge >= 0.3 is 12.1 Å². The number of carboxylic acids is 1. The number of halogens is 3. The normalized spacial score (nSPS) is 15.1. The molecular formula is C28H34F3N3O5. The fourth-order valence-corrected chi connectivity index (χ4v) is 4.05. The second-order valence-electron chi connectivity index (χ2n) is 9.09. The molecule has 0 heterocycles. The zero-order valence-corrected chi connectivity index (χ0v) is 21.6. The number of hydrogen-bond acceptors (Lipinski definition) is 5. The van der Waals surface area contributed by atoms with E-state index in [0.29, 0.717) is 12.1 Å². The predicted molar refractivity (Wildman–Crippen MR) is 141 cm³/mol. The maximum atomic E-state index is 12.8. The summed E-state index contributed by atoms with van der Waals surface area (Å²) in [4.78, 5) is 34.1. The summed E-state index contributed by atoms with van der Waals surface area (Å²) in [5.74, 6) is -2.19. The maximum Gasteiger partial charge on any atom is 0.490 e. The summed E-state index contributed by atoms with van der Waals surface area (Å²) in [6.45, 7) is 0. The Balaban J connectivity index is 0.000000673. The number of ether oxygens (including phenoxy) is 1. The van der Waals surface area contributed by atoms with Crippen molar-refractivity contribution in [3.05, 3.63) is 72.3 Å². The molecule has 0 spiro atoms. The van der Waals surface area contributed by atoms with E-state index >= 15 is 0 Å². The molecule has 2 aromatic rings. The number of alkyl halides is 3. The fraction of sp³-hybridized carbons (Fsp3) is 0.393. The molecule has 0 aromatic heterocycles. The van der Waals surface area contributed by atoms with Crippen molar-refractivity contribution >= 4 is 23.5 Å². The van der Waals surface area contributed by atoms with E-state index in [-0.39, 0.29) is 23.8 Å². The van der Waals surface area contributed by atoms with Gasteiger partial charge in [-0.25, -0.2) is 4.79 Å². The standard InChI is InChI=1S/C26H33N3O3.C2HF3O2/c1-32-23-16-13-21(14-17-23)28-24(30)18-15-22(12-11-19-7-3-2-4-8-19)29-26(31)25(27)20-9-5-6-10-20;3-2(4,5)1(6)7/h2-4,7-8,13-18,20,22,25H,5-6,9-12,27H2,1H3,(H,28,30)(H,29,31);(H,6,7)/t22-,25-;/m0./s1. The molecule has 0 aliphatic heterocycles. The number of nitrogens with two attached hydrogens (primary N) is 1. The second-order valence-corrected chi connectivity index (χ2v) is 9.09. The lowest BCUT2D eigenvalue weighted by Gasteiger charge is -2.22. The first kappa shape index (κ1) is 31.4. The molecular weight excluding hydrogens is 515 g/mol. The molecule has 0 radical (unpaired) electrons. The molecule has 39 heavy (non-hydrogen) atoms. The zero-order valence-electron chi connectivity index (χ0n) is 21.6. The first-order valence-electron chi connectivity index (χ1n) is 12.5. The molecule has 1 aliphatic carbocycles. The van der Waals surface area contributed by atoms with Gasteiger partial charge < -0.3 is 26.2 Å². The highest BCUT2D eigenvalue weighted by molar-refractivity contribution is 5.99. The van der Waals surface area contributed by atoms with Crippen molar-refractivity contribution in [2.24, 2.45) is 11.7 Å². The lowest BCUT2D eigenvalue weighted by atomic mass is 9.97. The van der Waals surface area contributed by atoms with Crippen molar-refractivity contribution in [1.29, 1.82) is 0 Å². The van der Waals surface area contributed by atoms with Crippen molar-refractivity contribution in [2.75, 3.05) is 12.4 Å². The minimum absolute atomic E-state index is 0.143. The molecule has 1 saturated carbocycles. The summed E-state index contributed by atoms with van der Waals surface area (Å²) in [6.07, 6.45) is 3.88. The molecule has 1 fully saturated rings. The lowest BCUT2D eigenvalue weighted by Crippen LogP contribution is -2.48. The van der Waals surface area contributed by atoms with Crippen molar-refractivity contribution in [1.82, 2.24) is 5.32 Å². The number of carbonyl (C=O) groups is 3. The Hall–Kier alpha value is -3.86. The van der Waals surface area contributed by atoms with Crippen LogP contribution in [-0.2, 0) is 20.8 Å². The molecule has 8 nitrogen and oxygen atoms in total. The third-order valence-electron chi connectivity index (χ3n) is 6.20. The van der Waals surface area contributed by atoms with Crippen molar-refractivity contribution in [2.45, 2.75) is 56.8 Å². The molecule has 11 heteroatoms. The van der Waals surface area contributed by atoms with Gasteiger partial charge in [-0.2, -0.15) is 13.2 Å². The summed E-state index contributed by atoms with van der Waals surface area (Å²) in [5.41, 5.74) is 8.09. The van der Waals surface area contributed by atoms with Crippen LogP contribution in [0.2, 0.25) is 0 Å². The Labute approximate surface area is 225 Å². The fourth-order valence-electron chi connectivity index (χ4n) is 4.05. The Bertz CT molecular complexity index is 1090. The van der Waals surface area contributed by atoms with E-state index in [9.17, 15) is 22.8 Å². The van der Waals surface area contributed by atoms with Gasteiger partial charge in [-0.3, -0.25) is 9.59 Å². The predicted octanol–water partition coefficient (Wildman–Crippen LogP) is 4.46. The molecule has 0 bridgehead atoms. The van der Waals surface area contributed by atoms with E-state index in [4.69, 9.17) is 20.4 Å². The molecule has 212 valence electrons. The number of carboxylic acid groups (broad SMARTS) is 1. The quantitative estimate of drug-likeness (QED) is 0.324. The van der Waals surface area contributed by atoms with E-state index in [1.807, 2.05) is 18.2 Å². The number of benzene rings is 2. The van der Waals surface area contributed by atoms with Gasteiger partial charge in [0.2, 0.25) is 11.8 Å². The number of nitrogens with one attached hydrogen (secondary N) is 2. The Morgan fingerprint density at radius 2 is 1.67 bits per heavy atom. The minimum Gasteiger partial charge on any atom is -0.497 e. The first-order chi connectivity index (χ1) is 18.5. The highest BCUT2D eigenvalue weighted by atomic mass is 19.4. The Morgan fingerprint density at radius 1 is 1.08 bits per heavy atom. The average Bonchev–Trinajstić information content (AvgIpc) is 3.45. The van der Waals surface area contributed by atoms with Gasteiger partial charge in [-0.15, -0.1) is 0 Å². The minimum atomic E-state index is -5.08. The van der Waals surface area contributed by atoms with Gasteiger partial charge in [0.25, 0.3) is 0 Å². The van der Waals surface area contributed by atoms with Gasteiger partial charge in [-0.1, -0.05) is 49.2 Å². The van der Waals surface area contributed by atoms with E-state index < -0.39 is 18.2 Å². The molecule has 0 saturated heterocycles. The average molecular weight is 550 g/mol. The Kier molecular flexibility index (Phi) is 12.5. The van der Waals surface area contributed by atoms with Crippen LogP contribution >= 0.6 is 0 Å². The van der Waals surface area contributed by atoms with Crippen LogP contribution in [0.5, 0.6) is 5.75 Å². The summed E-state index contributed by atoms with van der Waals surface area (Å²) in [6, 6.07) is 16.4. The topological polar surface area (TPSA) is 131 Å². The zero-order chi connectivity index (χ0) is 28.8. The van der Waals surface area contributed by atoms with E-state index in [0.717, 1.165) is 37.9 Å². The van der Waals surface area contributed by atoms with Crippen molar-refractivity contribution in [3.63, 3.8) is 0 Å². The van der Waals surface area contributed by atoms with Gasteiger partial charge in [-0.05, 0) is 61.4 Å². The van der Waals surface area contributed by atoms with Gasteiger partial charge in [0.05, 0.1) is 13.2 Å². The largest absolute Gasteiger partial charge is 0.497 e. The van der Waals surface area contributed by atoms with Crippen LogP contribution in [0.25, 0.3) is 0 Å². The van der Waals surface area contributed by atoms with Crippen molar-refractivity contribution < 1.29 is 37.4 Å². The summed E-state index contributed by atoms with van der Waals surface area (Å²) in [5, 5.41) is 13.0. The molecule has 3 rings (SSSR count). The SMILES string of the molecule is COc1ccc(NC(=O)C=C[C@H](CCc2ccccc2)NC(=O)[C@@H](N)C2CCCC2)cc1.O=C(O)C(F)(F)F. The molecule has 5 N–H and O–H groups in total. The van der Waals surface area contributed by atoms with E-state index in [2.05, 4.69) is 22.8 Å².